The van der Waals surface area contributed by atoms with Gasteiger partial charge < -0.3 is 0 Å². The van der Waals surface area contributed by atoms with Crippen LogP contribution in [-0.2, 0) is 6.18 Å². The van der Waals surface area contributed by atoms with Crippen LogP contribution >= 0.6 is 0 Å². The van der Waals surface area contributed by atoms with E-state index in [1.165, 1.54) is 0 Å². The summed E-state index contributed by atoms with van der Waals surface area (Å²) in [5.41, 5.74) is -1.46. The van der Waals surface area contributed by atoms with Gasteiger partial charge in [0.2, 0.25) is 0 Å². The van der Waals surface area contributed by atoms with Crippen molar-refractivity contribution >= 4 is 0 Å². The lowest BCUT2D eigenvalue weighted by molar-refractivity contribution is -0.142. The summed E-state index contributed by atoms with van der Waals surface area (Å²) in [6.45, 7) is -0.318. The predicted molar refractivity (Wildman–Crippen MR) is 101 cm³/mol. The average molecular weight is 418 g/mol. The molecule has 6 heteroatoms. The number of allylic oxidation sites excluding steroid dienone is 2. The molecule has 0 saturated heterocycles. The van der Waals surface area contributed by atoms with Gasteiger partial charge in [-0.15, -0.1) is 0 Å². The van der Waals surface area contributed by atoms with Crippen molar-refractivity contribution in [3.8, 4) is 0 Å². The normalized spacial score (nSPS) is 28.8. The molecule has 2 aliphatic carbocycles. The smallest absolute Gasteiger partial charge is 0.251 e. The van der Waals surface area contributed by atoms with Crippen molar-refractivity contribution in [3.05, 3.63) is 47.0 Å². The van der Waals surface area contributed by atoms with Crippen LogP contribution in [0.2, 0.25) is 0 Å². The van der Waals surface area contributed by atoms with Gasteiger partial charge in [-0.1, -0.05) is 12.2 Å². The molecule has 2 fully saturated rings. The lowest BCUT2D eigenvalue weighted by Crippen LogP contribution is -2.25. The fraction of sp³-hybridized carbons (Fsp3) is 0.652. The van der Waals surface area contributed by atoms with Crippen molar-refractivity contribution in [1.29, 1.82) is 0 Å². The third kappa shape index (κ3) is 5.58. The van der Waals surface area contributed by atoms with Gasteiger partial charge in [0.25, 0.3) is 0 Å². The number of rotatable bonds is 5. The van der Waals surface area contributed by atoms with Crippen LogP contribution in [0.3, 0.4) is 0 Å². The molecule has 0 radical (unpaired) electrons. The summed E-state index contributed by atoms with van der Waals surface area (Å²) in [5.74, 6) is -1.37. The molecule has 0 unspecified atom stereocenters. The Morgan fingerprint density at radius 3 is 1.83 bits per heavy atom. The van der Waals surface area contributed by atoms with E-state index in [4.69, 9.17) is 0 Å². The van der Waals surface area contributed by atoms with Gasteiger partial charge in [-0.05, 0) is 99.2 Å². The lowest BCUT2D eigenvalue weighted by Gasteiger charge is -2.37. The largest absolute Gasteiger partial charge is 0.422 e. The van der Waals surface area contributed by atoms with E-state index in [-0.39, 0.29) is 12.6 Å². The fourth-order valence-corrected chi connectivity index (χ4v) is 5.18. The number of hydrogen-bond donors (Lipinski definition) is 0. The van der Waals surface area contributed by atoms with Gasteiger partial charge in [-0.2, -0.15) is 13.2 Å². The summed E-state index contributed by atoms with van der Waals surface area (Å²) in [6, 6.07) is 1.73. The van der Waals surface area contributed by atoms with Crippen LogP contribution in [-0.4, -0.2) is 6.67 Å². The summed E-state index contributed by atoms with van der Waals surface area (Å²) >= 11 is 0. The third-order valence-corrected chi connectivity index (χ3v) is 6.76. The van der Waals surface area contributed by atoms with Crippen LogP contribution in [0.4, 0.5) is 26.3 Å². The molecule has 0 spiro atoms. The minimum Gasteiger partial charge on any atom is -0.251 e. The van der Waals surface area contributed by atoms with E-state index in [0.29, 0.717) is 29.7 Å². The zero-order chi connectivity index (χ0) is 21.0. The molecule has 1 aromatic rings. The standard InChI is InChI=1S/C23H28F6/c24-12-2-1-3-15-4-6-16(7-5-15)17-8-10-18(11-9-17)19-13-20(25)22(21(26)14-19)23(27,28)29/h1,3,13-18H,2,4-12H2/t15-,16-,17-,18-. The molecule has 29 heavy (non-hydrogen) atoms. The van der Waals surface area contributed by atoms with Gasteiger partial charge in [-0.25, -0.2) is 8.78 Å². The highest BCUT2D eigenvalue weighted by Gasteiger charge is 2.39. The topological polar surface area (TPSA) is 0 Å². The Bertz CT molecular complexity index is 669. The molecular formula is C23H28F6. The second-order valence-corrected chi connectivity index (χ2v) is 8.55. The summed E-state index contributed by atoms with van der Waals surface area (Å²) < 4.78 is 78.2. The van der Waals surface area contributed by atoms with E-state index in [1.807, 2.05) is 6.08 Å². The average Bonchev–Trinajstić information content (AvgIpc) is 2.67. The summed E-state index contributed by atoms with van der Waals surface area (Å²) in [4.78, 5) is 0. The van der Waals surface area contributed by atoms with Crippen molar-refractivity contribution < 1.29 is 26.3 Å². The Labute approximate surface area is 168 Å². The van der Waals surface area contributed by atoms with Gasteiger partial charge in [0.05, 0.1) is 6.67 Å². The molecule has 0 heterocycles. The zero-order valence-electron chi connectivity index (χ0n) is 16.5. The van der Waals surface area contributed by atoms with Gasteiger partial charge in [-0.3, -0.25) is 4.39 Å². The Morgan fingerprint density at radius 2 is 1.34 bits per heavy atom. The van der Waals surface area contributed by atoms with Crippen molar-refractivity contribution in [2.45, 2.75) is 69.9 Å². The van der Waals surface area contributed by atoms with E-state index in [1.54, 1.807) is 0 Å². The predicted octanol–water partition coefficient (Wildman–Crippen LogP) is 7.98. The molecule has 2 saturated carbocycles. The van der Waals surface area contributed by atoms with Crippen molar-refractivity contribution in [2.24, 2.45) is 17.8 Å². The summed E-state index contributed by atoms with van der Waals surface area (Å²) in [7, 11) is 0. The SMILES string of the molecule is FCCC=C[C@H]1CC[C@H]([C@H]2CC[C@H](c3cc(F)c(C(F)(F)F)c(F)c3)CC2)CC1. The molecule has 0 aliphatic heterocycles. The maximum absolute atomic E-state index is 13.9. The first-order valence-electron chi connectivity index (χ1n) is 10.6. The van der Waals surface area contributed by atoms with Crippen LogP contribution in [0.15, 0.2) is 24.3 Å². The molecule has 0 bridgehead atoms. The van der Waals surface area contributed by atoms with E-state index in [9.17, 15) is 26.3 Å². The van der Waals surface area contributed by atoms with Gasteiger partial charge in [0, 0.05) is 0 Å². The fourth-order valence-electron chi connectivity index (χ4n) is 5.18. The van der Waals surface area contributed by atoms with Crippen LogP contribution in [0.5, 0.6) is 0 Å². The molecule has 0 atom stereocenters. The monoisotopic (exact) mass is 418 g/mol. The number of halogens is 6. The van der Waals surface area contributed by atoms with E-state index < -0.39 is 23.4 Å². The first-order valence-corrected chi connectivity index (χ1v) is 10.6. The Kier molecular flexibility index (Phi) is 7.33. The van der Waals surface area contributed by atoms with Gasteiger partial charge in [0.15, 0.2) is 0 Å². The lowest BCUT2D eigenvalue weighted by atomic mass is 9.68. The van der Waals surface area contributed by atoms with Crippen molar-refractivity contribution in [2.75, 3.05) is 6.67 Å². The van der Waals surface area contributed by atoms with Gasteiger partial charge >= 0.3 is 6.18 Å². The van der Waals surface area contributed by atoms with Crippen LogP contribution in [0, 0.1) is 29.4 Å². The van der Waals surface area contributed by atoms with E-state index in [2.05, 4.69) is 6.08 Å². The highest BCUT2D eigenvalue weighted by atomic mass is 19.4. The first kappa shape index (κ1) is 22.2. The Hall–Kier alpha value is -1.46. The molecule has 1 aromatic carbocycles. The number of alkyl halides is 4. The highest BCUT2D eigenvalue weighted by molar-refractivity contribution is 5.30. The molecule has 3 rings (SSSR count). The van der Waals surface area contributed by atoms with Crippen molar-refractivity contribution in [1.82, 2.24) is 0 Å². The van der Waals surface area contributed by atoms with Crippen LogP contribution < -0.4 is 0 Å². The maximum Gasteiger partial charge on any atom is 0.422 e. The molecule has 0 amide bonds. The Balaban J connectivity index is 1.54. The molecule has 0 N–H and O–H groups in total. The van der Waals surface area contributed by atoms with Gasteiger partial charge in [0.1, 0.15) is 17.2 Å². The summed E-state index contributed by atoms with van der Waals surface area (Å²) in [5, 5.41) is 0. The molecule has 162 valence electrons. The molecule has 0 nitrogen and oxygen atoms in total. The summed E-state index contributed by atoms with van der Waals surface area (Å²) in [6.07, 6.45) is 7.44. The number of benzene rings is 1. The quantitative estimate of drug-likeness (QED) is 0.336. The van der Waals surface area contributed by atoms with E-state index in [0.717, 1.165) is 63.5 Å². The third-order valence-electron chi connectivity index (χ3n) is 6.76. The second kappa shape index (κ2) is 9.57. The van der Waals surface area contributed by atoms with E-state index >= 15 is 0 Å². The second-order valence-electron chi connectivity index (χ2n) is 8.55. The van der Waals surface area contributed by atoms with Crippen molar-refractivity contribution in [3.63, 3.8) is 0 Å². The Morgan fingerprint density at radius 1 is 0.828 bits per heavy atom. The first-order chi connectivity index (χ1) is 13.8. The molecular weight excluding hydrogens is 390 g/mol. The minimum absolute atomic E-state index is 0.0856. The van der Waals surface area contributed by atoms with Crippen LogP contribution in [0.25, 0.3) is 0 Å². The zero-order valence-corrected chi connectivity index (χ0v) is 16.5. The molecule has 2 aliphatic rings. The minimum atomic E-state index is -5.02. The van der Waals surface area contributed by atoms with Crippen LogP contribution in [0.1, 0.15) is 74.8 Å². The molecule has 0 aromatic heterocycles. The number of hydrogen-bond acceptors (Lipinski definition) is 0. The maximum atomic E-state index is 13.9. The highest BCUT2D eigenvalue weighted by Crippen LogP contribution is 2.45.